The lowest BCUT2D eigenvalue weighted by Crippen LogP contribution is -2.45. The van der Waals surface area contributed by atoms with Crippen LogP contribution in [0.3, 0.4) is 0 Å². The molecule has 0 aromatic carbocycles. The smallest absolute Gasteiger partial charge is 0.391 e. The first kappa shape index (κ1) is 15.8. The zero-order chi connectivity index (χ0) is 15.9. The standard InChI is InChI=1S/C14H21F3N4O/c15-14(16,17)13-6-10(19-20-13)8-2-1-3-21(7-8)11-4-9(18)5-12(11)22/h6,8-9,11-12,22H,1-5,7,18H2,(H,19,20)/t8?,9-,11-,12-/m0/s1. The highest BCUT2D eigenvalue weighted by Crippen LogP contribution is 2.34. The van der Waals surface area contributed by atoms with Gasteiger partial charge < -0.3 is 10.8 Å². The summed E-state index contributed by atoms with van der Waals surface area (Å²) in [6.07, 6.45) is -1.81. The van der Waals surface area contributed by atoms with E-state index in [0.717, 1.165) is 31.9 Å². The number of aliphatic hydroxyl groups excluding tert-OH is 1. The molecule has 2 heterocycles. The summed E-state index contributed by atoms with van der Waals surface area (Å²) in [6.45, 7) is 1.49. The molecule has 8 heteroatoms. The number of piperidine rings is 1. The molecule has 1 saturated carbocycles. The van der Waals surface area contributed by atoms with Crippen molar-refractivity contribution >= 4 is 0 Å². The van der Waals surface area contributed by atoms with Crippen molar-refractivity contribution in [2.45, 2.75) is 56.0 Å². The maximum atomic E-state index is 12.6. The molecular formula is C14H21F3N4O. The number of aliphatic hydroxyl groups is 1. The summed E-state index contributed by atoms with van der Waals surface area (Å²) in [5.41, 5.74) is 5.54. The lowest BCUT2D eigenvalue weighted by atomic mass is 9.93. The molecule has 0 amide bonds. The normalized spacial score (nSPS) is 34.2. The number of aromatic nitrogens is 2. The van der Waals surface area contributed by atoms with Crippen LogP contribution in [-0.4, -0.2) is 51.5 Å². The van der Waals surface area contributed by atoms with E-state index in [4.69, 9.17) is 5.73 Å². The molecule has 2 fully saturated rings. The van der Waals surface area contributed by atoms with Crippen molar-refractivity contribution in [2.75, 3.05) is 13.1 Å². The summed E-state index contributed by atoms with van der Waals surface area (Å²) in [7, 11) is 0. The van der Waals surface area contributed by atoms with E-state index < -0.39 is 18.0 Å². The number of nitrogens with one attached hydrogen (secondary N) is 1. The number of hydrogen-bond donors (Lipinski definition) is 3. The molecule has 1 aliphatic heterocycles. The number of alkyl halides is 3. The SMILES string of the molecule is N[C@@H]1C[C@H](O)[C@@H](N2CCCC(c3cc(C(F)(F)F)n[nH]3)C2)C1. The van der Waals surface area contributed by atoms with Gasteiger partial charge in [-0.05, 0) is 38.3 Å². The minimum absolute atomic E-state index is 0.00404. The second-order valence-electron chi connectivity index (χ2n) is 6.41. The molecule has 3 rings (SSSR count). The zero-order valence-electron chi connectivity index (χ0n) is 12.2. The highest BCUT2D eigenvalue weighted by Gasteiger charge is 2.39. The summed E-state index contributed by atoms with van der Waals surface area (Å²) in [5.74, 6) is -0.0126. The van der Waals surface area contributed by atoms with Crippen LogP contribution in [0.2, 0.25) is 0 Å². The Kier molecular flexibility index (Phi) is 4.17. The Morgan fingerprint density at radius 1 is 1.36 bits per heavy atom. The van der Waals surface area contributed by atoms with Gasteiger partial charge in [0.05, 0.1) is 6.10 Å². The monoisotopic (exact) mass is 318 g/mol. The highest BCUT2D eigenvalue weighted by atomic mass is 19.4. The molecule has 0 radical (unpaired) electrons. The van der Waals surface area contributed by atoms with Gasteiger partial charge in [-0.3, -0.25) is 10.00 Å². The summed E-state index contributed by atoms with van der Waals surface area (Å²) in [6, 6.07) is 1.12. The van der Waals surface area contributed by atoms with Crippen LogP contribution in [0.5, 0.6) is 0 Å². The van der Waals surface area contributed by atoms with Crippen LogP contribution in [0.25, 0.3) is 0 Å². The largest absolute Gasteiger partial charge is 0.435 e. The Morgan fingerprint density at radius 3 is 2.73 bits per heavy atom. The van der Waals surface area contributed by atoms with Gasteiger partial charge in [0.1, 0.15) is 0 Å². The number of halogens is 3. The molecular weight excluding hydrogens is 297 g/mol. The summed E-state index contributed by atoms with van der Waals surface area (Å²) in [4.78, 5) is 2.17. The topological polar surface area (TPSA) is 78.2 Å². The van der Waals surface area contributed by atoms with Crippen molar-refractivity contribution < 1.29 is 18.3 Å². The number of nitrogens with zero attached hydrogens (tertiary/aromatic N) is 2. The average Bonchev–Trinajstić information content (AvgIpc) is 3.05. The molecule has 124 valence electrons. The van der Waals surface area contributed by atoms with Crippen molar-refractivity contribution in [2.24, 2.45) is 5.73 Å². The van der Waals surface area contributed by atoms with E-state index >= 15 is 0 Å². The van der Waals surface area contributed by atoms with Crippen molar-refractivity contribution in [1.82, 2.24) is 15.1 Å². The van der Waals surface area contributed by atoms with Crippen molar-refractivity contribution in [1.29, 1.82) is 0 Å². The van der Waals surface area contributed by atoms with E-state index in [1.807, 2.05) is 0 Å². The Labute approximate surface area is 126 Å². The Bertz CT molecular complexity index is 518. The molecule has 1 unspecified atom stereocenters. The molecule has 1 aromatic rings. The molecule has 4 atom stereocenters. The number of nitrogens with two attached hydrogens (primary N) is 1. The predicted molar refractivity (Wildman–Crippen MR) is 74.1 cm³/mol. The molecule has 5 nitrogen and oxygen atoms in total. The van der Waals surface area contributed by atoms with Gasteiger partial charge in [0.15, 0.2) is 5.69 Å². The van der Waals surface area contributed by atoms with Crippen LogP contribution in [-0.2, 0) is 6.18 Å². The number of hydrogen-bond acceptors (Lipinski definition) is 4. The quantitative estimate of drug-likeness (QED) is 0.771. The van der Waals surface area contributed by atoms with Crippen LogP contribution in [0, 0.1) is 0 Å². The number of likely N-dealkylation sites (tertiary alicyclic amines) is 1. The first-order chi connectivity index (χ1) is 10.3. The van der Waals surface area contributed by atoms with Crippen LogP contribution < -0.4 is 5.73 Å². The Morgan fingerprint density at radius 2 is 2.14 bits per heavy atom. The number of aromatic amines is 1. The van der Waals surface area contributed by atoms with E-state index in [0.29, 0.717) is 18.7 Å². The Hall–Kier alpha value is -1.12. The van der Waals surface area contributed by atoms with Gasteiger partial charge in [-0.15, -0.1) is 0 Å². The van der Waals surface area contributed by atoms with Gasteiger partial charge in [0.25, 0.3) is 0 Å². The molecule has 0 bridgehead atoms. The summed E-state index contributed by atoms with van der Waals surface area (Å²) < 4.78 is 37.9. The lowest BCUT2D eigenvalue weighted by Gasteiger charge is -2.37. The third-order valence-corrected chi connectivity index (χ3v) is 4.78. The van der Waals surface area contributed by atoms with Crippen molar-refractivity contribution in [3.05, 3.63) is 17.5 Å². The fourth-order valence-corrected chi connectivity index (χ4v) is 3.68. The zero-order valence-corrected chi connectivity index (χ0v) is 12.2. The Balaban J connectivity index is 1.69. The first-order valence-electron chi connectivity index (χ1n) is 7.65. The molecule has 4 N–H and O–H groups in total. The molecule has 1 aromatic heterocycles. The summed E-state index contributed by atoms with van der Waals surface area (Å²) >= 11 is 0. The van der Waals surface area contributed by atoms with E-state index in [1.165, 1.54) is 0 Å². The van der Waals surface area contributed by atoms with Gasteiger partial charge in [-0.1, -0.05) is 0 Å². The molecule has 2 aliphatic rings. The van der Waals surface area contributed by atoms with Crippen LogP contribution >= 0.6 is 0 Å². The second-order valence-corrected chi connectivity index (χ2v) is 6.41. The number of H-pyrrole nitrogens is 1. The van der Waals surface area contributed by atoms with Gasteiger partial charge in [0, 0.05) is 30.2 Å². The van der Waals surface area contributed by atoms with E-state index in [1.54, 1.807) is 0 Å². The lowest BCUT2D eigenvalue weighted by molar-refractivity contribution is -0.141. The first-order valence-corrected chi connectivity index (χ1v) is 7.65. The molecule has 0 spiro atoms. The third kappa shape index (κ3) is 3.13. The van der Waals surface area contributed by atoms with E-state index in [2.05, 4.69) is 15.1 Å². The average molecular weight is 318 g/mol. The molecule has 1 aliphatic carbocycles. The fraction of sp³-hybridized carbons (Fsp3) is 0.786. The van der Waals surface area contributed by atoms with E-state index in [9.17, 15) is 18.3 Å². The minimum atomic E-state index is -4.42. The van der Waals surface area contributed by atoms with Crippen LogP contribution in [0.4, 0.5) is 13.2 Å². The van der Waals surface area contributed by atoms with Gasteiger partial charge in [0.2, 0.25) is 0 Å². The van der Waals surface area contributed by atoms with Gasteiger partial charge in [-0.25, -0.2) is 0 Å². The maximum absolute atomic E-state index is 12.6. The predicted octanol–water partition coefficient (Wildman–Crippen LogP) is 1.46. The minimum Gasteiger partial charge on any atom is -0.391 e. The molecule has 1 saturated heterocycles. The second kappa shape index (κ2) is 5.82. The molecule has 22 heavy (non-hydrogen) atoms. The maximum Gasteiger partial charge on any atom is 0.435 e. The highest BCUT2D eigenvalue weighted by molar-refractivity contribution is 5.17. The van der Waals surface area contributed by atoms with Crippen LogP contribution in [0.1, 0.15) is 43.0 Å². The van der Waals surface area contributed by atoms with E-state index in [-0.39, 0.29) is 18.0 Å². The van der Waals surface area contributed by atoms with Gasteiger partial charge >= 0.3 is 6.18 Å². The third-order valence-electron chi connectivity index (χ3n) is 4.78. The van der Waals surface area contributed by atoms with Crippen molar-refractivity contribution in [3.63, 3.8) is 0 Å². The van der Waals surface area contributed by atoms with Gasteiger partial charge in [-0.2, -0.15) is 18.3 Å². The summed E-state index contributed by atoms with van der Waals surface area (Å²) in [5, 5.41) is 16.0. The number of rotatable bonds is 2. The van der Waals surface area contributed by atoms with Crippen molar-refractivity contribution in [3.8, 4) is 0 Å². The fourth-order valence-electron chi connectivity index (χ4n) is 3.68. The van der Waals surface area contributed by atoms with Crippen LogP contribution in [0.15, 0.2) is 6.07 Å².